The first-order valence-corrected chi connectivity index (χ1v) is 6.20. The quantitative estimate of drug-likeness (QED) is 0.602. The van der Waals surface area contributed by atoms with E-state index in [1.165, 1.54) is 6.42 Å². The fraction of sp³-hybridized carbons (Fsp3) is 0.667. The third-order valence-corrected chi connectivity index (χ3v) is 2.32. The van der Waals surface area contributed by atoms with E-state index in [0.717, 1.165) is 43.4 Å². The second kappa shape index (κ2) is 7.84. The summed E-state index contributed by atoms with van der Waals surface area (Å²) in [6.07, 6.45) is 3.02. The molecule has 96 valence electrons. The van der Waals surface area contributed by atoms with E-state index < -0.39 is 0 Å². The number of hydrogen-bond acceptors (Lipinski definition) is 5. The molecule has 1 aromatic heterocycles. The number of aryl methyl sites for hydroxylation is 1. The van der Waals surface area contributed by atoms with Gasteiger partial charge in [-0.3, -0.25) is 0 Å². The Hall–Kier alpha value is -1.36. The van der Waals surface area contributed by atoms with Crippen molar-refractivity contribution in [2.24, 2.45) is 0 Å². The molecule has 0 atom stereocenters. The maximum Gasteiger partial charge on any atom is 0.131 e. The first-order valence-electron chi connectivity index (χ1n) is 6.20. The smallest absolute Gasteiger partial charge is 0.131 e. The summed E-state index contributed by atoms with van der Waals surface area (Å²) < 4.78 is 0. The Labute approximate surface area is 103 Å². The van der Waals surface area contributed by atoms with Crippen LogP contribution in [0.5, 0.6) is 0 Å². The van der Waals surface area contributed by atoms with Gasteiger partial charge >= 0.3 is 0 Å². The van der Waals surface area contributed by atoms with Crippen LogP contribution in [0.15, 0.2) is 6.07 Å². The molecule has 0 spiro atoms. The molecule has 1 aromatic rings. The van der Waals surface area contributed by atoms with Crippen molar-refractivity contribution in [3.63, 3.8) is 0 Å². The first kappa shape index (κ1) is 13.7. The first-order chi connectivity index (χ1) is 8.26. The van der Waals surface area contributed by atoms with Crippen molar-refractivity contribution in [1.82, 2.24) is 9.97 Å². The maximum atomic E-state index is 8.71. The fourth-order valence-electron chi connectivity index (χ4n) is 1.44. The Balaban J connectivity index is 2.53. The van der Waals surface area contributed by atoms with Gasteiger partial charge in [-0.15, -0.1) is 0 Å². The van der Waals surface area contributed by atoms with E-state index in [9.17, 15) is 0 Å². The van der Waals surface area contributed by atoms with Gasteiger partial charge in [-0.25, -0.2) is 9.97 Å². The van der Waals surface area contributed by atoms with Crippen molar-refractivity contribution in [2.45, 2.75) is 33.1 Å². The lowest BCUT2D eigenvalue weighted by Gasteiger charge is -2.09. The molecule has 5 heteroatoms. The zero-order valence-electron chi connectivity index (χ0n) is 10.7. The van der Waals surface area contributed by atoms with E-state index in [2.05, 4.69) is 27.5 Å². The van der Waals surface area contributed by atoms with Crippen LogP contribution in [0.3, 0.4) is 0 Å². The number of nitrogens with zero attached hydrogens (tertiary/aromatic N) is 2. The topological polar surface area (TPSA) is 70.1 Å². The predicted octanol–water partition coefficient (Wildman–Crippen LogP) is 1.79. The summed E-state index contributed by atoms with van der Waals surface area (Å²) in [5.41, 5.74) is 0. The molecule has 0 aliphatic heterocycles. The molecule has 0 aromatic carbocycles. The van der Waals surface area contributed by atoms with Gasteiger partial charge in [0.15, 0.2) is 0 Å². The van der Waals surface area contributed by atoms with Crippen LogP contribution in [0, 0.1) is 6.92 Å². The van der Waals surface area contributed by atoms with Crippen LogP contribution in [0.25, 0.3) is 0 Å². The predicted molar refractivity (Wildman–Crippen MR) is 70.4 cm³/mol. The van der Waals surface area contributed by atoms with Gasteiger partial charge in [0.25, 0.3) is 0 Å². The number of aliphatic hydroxyl groups is 1. The second-order valence-electron chi connectivity index (χ2n) is 3.97. The van der Waals surface area contributed by atoms with Crippen molar-refractivity contribution in [3.8, 4) is 0 Å². The third kappa shape index (κ3) is 5.49. The third-order valence-electron chi connectivity index (χ3n) is 2.32. The van der Waals surface area contributed by atoms with Gasteiger partial charge in [0.05, 0.1) is 0 Å². The lowest BCUT2D eigenvalue weighted by atomic mass is 10.3. The van der Waals surface area contributed by atoms with Crippen molar-refractivity contribution < 1.29 is 5.11 Å². The lowest BCUT2D eigenvalue weighted by Crippen LogP contribution is -2.09. The van der Waals surface area contributed by atoms with Crippen molar-refractivity contribution in [2.75, 3.05) is 30.3 Å². The van der Waals surface area contributed by atoms with E-state index in [0.29, 0.717) is 0 Å². The number of nitrogens with one attached hydrogen (secondary N) is 2. The number of aromatic nitrogens is 2. The molecular formula is C12H22N4O. The molecule has 0 bridgehead atoms. The largest absolute Gasteiger partial charge is 0.396 e. The SMILES string of the molecule is CCCCNc1cc(NCCCO)nc(C)n1. The van der Waals surface area contributed by atoms with Crippen molar-refractivity contribution in [3.05, 3.63) is 11.9 Å². The molecule has 0 aliphatic rings. The van der Waals surface area contributed by atoms with Crippen molar-refractivity contribution in [1.29, 1.82) is 0 Å². The van der Waals surface area contributed by atoms with Gasteiger partial charge in [0.2, 0.25) is 0 Å². The van der Waals surface area contributed by atoms with Gasteiger partial charge in [-0.05, 0) is 19.8 Å². The Morgan fingerprint density at radius 3 is 2.24 bits per heavy atom. The maximum absolute atomic E-state index is 8.71. The van der Waals surface area contributed by atoms with E-state index in [-0.39, 0.29) is 6.61 Å². The lowest BCUT2D eigenvalue weighted by molar-refractivity contribution is 0.292. The molecule has 3 N–H and O–H groups in total. The summed E-state index contributed by atoms with van der Waals surface area (Å²) in [5, 5.41) is 15.2. The Kier molecular flexibility index (Phi) is 6.32. The molecule has 0 amide bonds. The minimum absolute atomic E-state index is 0.193. The normalized spacial score (nSPS) is 10.3. The average Bonchev–Trinajstić information content (AvgIpc) is 2.29. The number of unbranched alkanes of at least 4 members (excludes halogenated alkanes) is 1. The Bertz CT molecular complexity index is 302. The van der Waals surface area contributed by atoms with Gasteiger partial charge in [0, 0.05) is 25.8 Å². The molecule has 1 heterocycles. The van der Waals surface area contributed by atoms with E-state index in [4.69, 9.17) is 5.11 Å². The van der Waals surface area contributed by atoms with E-state index in [1.807, 2.05) is 13.0 Å². The number of aliphatic hydroxyl groups excluding tert-OH is 1. The van der Waals surface area contributed by atoms with Crippen LogP contribution in [-0.4, -0.2) is 34.8 Å². The molecule has 0 saturated heterocycles. The molecule has 5 nitrogen and oxygen atoms in total. The minimum atomic E-state index is 0.193. The zero-order chi connectivity index (χ0) is 12.5. The number of rotatable bonds is 8. The van der Waals surface area contributed by atoms with Crippen LogP contribution in [0.4, 0.5) is 11.6 Å². The summed E-state index contributed by atoms with van der Waals surface area (Å²) in [6.45, 7) is 5.89. The molecule has 0 saturated carbocycles. The van der Waals surface area contributed by atoms with Crippen LogP contribution in [0.2, 0.25) is 0 Å². The summed E-state index contributed by atoms with van der Waals surface area (Å²) in [4.78, 5) is 8.61. The highest BCUT2D eigenvalue weighted by molar-refractivity contribution is 5.47. The van der Waals surface area contributed by atoms with Crippen LogP contribution in [0.1, 0.15) is 32.0 Å². The molecule has 0 fully saturated rings. The Morgan fingerprint density at radius 2 is 1.71 bits per heavy atom. The highest BCUT2D eigenvalue weighted by atomic mass is 16.3. The molecule has 1 rings (SSSR count). The van der Waals surface area contributed by atoms with Gasteiger partial charge in [0.1, 0.15) is 17.5 Å². The molecule has 0 unspecified atom stereocenters. The minimum Gasteiger partial charge on any atom is -0.396 e. The zero-order valence-corrected chi connectivity index (χ0v) is 10.7. The van der Waals surface area contributed by atoms with Crippen LogP contribution >= 0.6 is 0 Å². The van der Waals surface area contributed by atoms with E-state index in [1.54, 1.807) is 0 Å². The highest BCUT2D eigenvalue weighted by Crippen LogP contribution is 2.11. The van der Waals surface area contributed by atoms with Gasteiger partial charge in [-0.1, -0.05) is 13.3 Å². The molecular weight excluding hydrogens is 216 g/mol. The van der Waals surface area contributed by atoms with E-state index >= 15 is 0 Å². The molecule has 17 heavy (non-hydrogen) atoms. The molecule has 0 aliphatic carbocycles. The fourth-order valence-corrected chi connectivity index (χ4v) is 1.44. The summed E-state index contributed by atoms with van der Waals surface area (Å²) in [5.74, 6) is 2.42. The summed E-state index contributed by atoms with van der Waals surface area (Å²) >= 11 is 0. The van der Waals surface area contributed by atoms with Crippen molar-refractivity contribution >= 4 is 11.6 Å². The van der Waals surface area contributed by atoms with Gasteiger partial charge < -0.3 is 15.7 Å². The Morgan fingerprint density at radius 1 is 1.12 bits per heavy atom. The van der Waals surface area contributed by atoms with Gasteiger partial charge in [-0.2, -0.15) is 0 Å². The standard InChI is InChI=1S/C12H22N4O/c1-3-4-6-13-11-9-12(14-7-5-8-17)16-10(2)15-11/h9,17H,3-8H2,1-2H3,(H2,13,14,15,16). The average molecular weight is 238 g/mol. The van der Waals surface area contributed by atoms with Crippen LogP contribution in [-0.2, 0) is 0 Å². The molecule has 0 radical (unpaired) electrons. The summed E-state index contributed by atoms with van der Waals surface area (Å²) in [7, 11) is 0. The van der Waals surface area contributed by atoms with Crippen LogP contribution < -0.4 is 10.6 Å². The monoisotopic (exact) mass is 238 g/mol. The second-order valence-corrected chi connectivity index (χ2v) is 3.97. The number of hydrogen-bond donors (Lipinski definition) is 3. The number of anilines is 2. The summed E-state index contributed by atoms with van der Waals surface area (Å²) in [6, 6.07) is 1.90. The highest BCUT2D eigenvalue weighted by Gasteiger charge is 2.00.